The summed E-state index contributed by atoms with van der Waals surface area (Å²) in [5, 5.41) is 12.9. The number of hydrogen-bond acceptors (Lipinski definition) is 3. The number of hydrogen-bond donors (Lipinski definition) is 1. The van der Waals surface area contributed by atoms with Gasteiger partial charge in [0.05, 0.1) is 16.2 Å². The lowest BCUT2D eigenvalue weighted by molar-refractivity contribution is -0.384. The van der Waals surface area contributed by atoms with Crippen LogP contribution >= 0.6 is 22.6 Å². The molecule has 0 unspecified atom stereocenters. The quantitative estimate of drug-likeness (QED) is 0.439. The maximum Gasteiger partial charge on any atom is 0.416 e. The van der Waals surface area contributed by atoms with Gasteiger partial charge < -0.3 is 5.32 Å². The van der Waals surface area contributed by atoms with Crippen LogP contribution in [0.4, 0.5) is 24.5 Å². The molecular weight excluding hydrogens is 428 g/mol. The number of benzene rings is 2. The molecule has 0 radical (unpaired) electrons. The van der Waals surface area contributed by atoms with Crippen molar-refractivity contribution < 1.29 is 22.9 Å². The number of carbonyl (C=O) groups excluding carboxylic acids is 1. The number of non-ortho nitro benzene ring substituents is 1. The lowest BCUT2D eigenvalue weighted by atomic mass is 10.1. The Bertz CT molecular complexity index is 761. The van der Waals surface area contributed by atoms with Gasteiger partial charge in [0.1, 0.15) is 0 Å². The van der Waals surface area contributed by atoms with E-state index in [1.807, 2.05) is 0 Å². The molecule has 0 saturated heterocycles. The minimum atomic E-state index is -4.52. The van der Waals surface area contributed by atoms with Gasteiger partial charge in [-0.15, -0.1) is 0 Å². The standard InChI is InChI=1S/C14H8F3IN2O3/c15-14(16,17)9-3-6-11(18)12(7-9)19-13(21)8-1-4-10(5-2-8)20(22)23/h1-7H,(H,19,21). The molecule has 1 amide bonds. The SMILES string of the molecule is O=C(Nc1cc(C(F)(F)F)ccc1I)c1ccc([N+](=O)[O-])cc1. The van der Waals surface area contributed by atoms with Crippen molar-refractivity contribution in [2.75, 3.05) is 5.32 Å². The first-order valence-electron chi connectivity index (χ1n) is 6.11. The maximum atomic E-state index is 12.7. The number of nitro benzene ring substituents is 1. The Morgan fingerprint density at radius 1 is 1.13 bits per heavy atom. The molecule has 0 saturated carbocycles. The highest BCUT2D eigenvalue weighted by molar-refractivity contribution is 14.1. The number of amides is 1. The number of halogens is 4. The second-order valence-electron chi connectivity index (χ2n) is 4.45. The molecule has 0 atom stereocenters. The Kier molecular flexibility index (Phi) is 4.88. The number of nitrogens with zero attached hydrogens (tertiary/aromatic N) is 1. The van der Waals surface area contributed by atoms with Crippen molar-refractivity contribution in [1.29, 1.82) is 0 Å². The van der Waals surface area contributed by atoms with Crippen molar-refractivity contribution in [2.45, 2.75) is 6.18 Å². The molecule has 23 heavy (non-hydrogen) atoms. The summed E-state index contributed by atoms with van der Waals surface area (Å²) in [6.45, 7) is 0. The second-order valence-corrected chi connectivity index (χ2v) is 5.61. The van der Waals surface area contributed by atoms with Gasteiger partial charge >= 0.3 is 6.18 Å². The van der Waals surface area contributed by atoms with E-state index in [1.54, 1.807) is 22.6 Å². The number of alkyl halides is 3. The van der Waals surface area contributed by atoms with Gasteiger partial charge in [0.2, 0.25) is 0 Å². The number of nitro groups is 1. The van der Waals surface area contributed by atoms with Gasteiger partial charge in [-0.1, -0.05) is 0 Å². The Morgan fingerprint density at radius 3 is 2.26 bits per heavy atom. The van der Waals surface area contributed by atoms with Crippen LogP contribution in [0.15, 0.2) is 42.5 Å². The van der Waals surface area contributed by atoms with E-state index in [0.717, 1.165) is 24.3 Å². The van der Waals surface area contributed by atoms with E-state index in [2.05, 4.69) is 5.32 Å². The van der Waals surface area contributed by atoms with E-state index >= 15 is 0 Å². The molecule has 0 aliphatic carbocycles. The summed E-state index contributed by atoms with van der Waals surface area (Å²) in [5.41, 5.74) is -0.945. The number of anilines is 1. The number of carbonyl (C=O) groups is 1. The van der Waals surface area contributed by atoms with Gasteiger partial charge in [-0.3, -0.25) is 14.9 Å². The molecule has 0 spiro atoms. The van der Waals surface area contributed by atoms with Crippen LogP contribution in [-0.4, -0.2) is 10.8 Å². The molecular formula is C14H8F3IN2O3. The predicted molar refractivity (Wildman–Crippen MR) is 85.2 cm³/mol. The van der Waals surface area contributed by atoms with Crippen molar-refractivity contribution in [3.63, 3.8) is 0 Å². The van der Waals surface area contributed by atoms with Crippen molar-refractivity contribution >= 4 is 39.9 Å². The fourth-order valence-corrected chi connectivity index (χ4v) is 2.20. The summed E-state index contributed by atoms with van der Waals surface area (Å²) >= 11 is 1.80. The van der Waals surface area contributed by atoms with E-state index in [4.69, 9.17) is 0 Å². The first kappa shape index (κ1) is 17.2. The monoisotopic (exact) mass is 436 g/mol. The van der Waals surface area contributed by atoms with Crippen molar-refractivity contribution in [2.24, 2.45) is 0 Å². The van der Waals surface area contributed by atoms with Crippen molar-refractivity contribution in [1.82, 2.24) is 0 Å². The van der Waals surface area contributed by atoms with Crippen LogP contribution in [0.2, 0.25) is 0 Å². The highest BCUT2D eigenvalue weighted by atomic mass is 127. The minimum absolute atomic E-state index is 0.0174. The van der Waals surface area contributed by atoms with Gasteiger partial charge in [-0.05, 0) is 52.9 Å². The van der Waals surface area contributed by atoms with Gasteiger partial charge in [-0.25, -0.2) is 0 Å². The Labute approximate surface area is 141 Å². The number of rotatable bonds is 3. The summed E-state index contributed by atoms with van der Waals surface area (Å²) in [4.78, 5) is 22.0. The Balaban J connectivity index is 2.24. The zero-order chi connectivity index (χ0) is 17.2. The van der Waals surface area contributed by atoms with Crippen molar-refractivity contribution in [3.8, 4) is 0 Å². The third-order valence-corrected chi connectivity index (χ3v) is 3.82. The van der Waals surface area contributed by atoms with Gasteiger partial charge in [0, 0.05) is 21.3 Å². The molecule has 120 valence electrons. The summed E-state index contributed by atoms with van der Waals surface area (Å²) in [7, 11) is 0. The van der Waals surface area contributed by atoms with Gasteiger partial charge in [-0.2, -0.15) is 13.2 Å². The van der Waals surface area contributed by atoms with E-state index in [9.17, 15) is 28.1 Å². The van der Waals surface area contributed by atoms with E-state index in [-0.39, 0.29) is 16.9 Å². The lowest BCUT2D eigenvalue weighted by Gasteiger charge is -2.12. The van der Waals surface area contributed by atoms with Crippen LogP contribution in [0.5, 0.6) is 0 Å². The minimum Gasteiger partial charge on any atom is -0.321 e. The first-order valence-corrected chi connectivity index (χ1v) is 7.19. The van der Waals surface area contributed by atoms with Gasteiger partial charge in [0.25, 0.3) is 11.6 Å². The van der Waals surface area contributed by atoms with E-state index in [0.29, 0.717) is 3.57 Å². The molecule has 0 heterocycles. The Morgan fingerprint density at radius 2 is 1.74 bits per heavy atom. The summed E-state index contributed by atoms with van der Waals surface area (Å²) in [5.74, 6) is -0.655. The third-order valence-electron chi connectivity index (χ3n) is 2.88. The largest absolute Gasteiger partial charge is 0.416 e. The molecule has 2 rings (SSSR count). The van der Waals surface area contributed by atoms with Crippen LogP contribution in [0.3, 0.4) is 0 Å². The molecule has 5 nitrogen and oxygen atoms in total. The third kappa shape index (κ3) is 4.18. The molecule has 2 aromatic carbocycles. The molecule has 0 aliphatic heterocycles. The summed E-state index contributed by atoms with van der Waals surface area (Å²) < 4.78 is 38.5. The second kappa shape index (κ2) is 6.52. The average molecular weight is 436 g/mol. The molecule has 0 fully saturated rings. The fourth-order valence-electron chi connectivity index (χ4n) is 1.73. The first-order chi connectivity index (χ1) is 10.7. The average Bonchev–Trinajstić information content (AvgIpc) is 2.48. The molecule has 1 N–H and O–H groups in total. The zero-order valence-electron chi connectivity index (χ0n) is 11.2. The lowest BCUT2D eigenvalue weighted by Crippen LogP contribution is -2.14. The normalized spacial score (nSPS) is 11.1. The van der Waals surface area contributed by atoms with Crippen LogP contribution in [0.25, 0.3) is 0 Å². The highest BCUT2D eigenvalue weighted by Gasteiger charge is 2.31. The van der Waals surface area contributed by atoms with Crippen LogP contribution in [-0.2, 0) is 6.18 Å². The molecule has 9 heteroatoms. The molecule has 0 aromatic heterocycles. The van der Waals surface area contributed by atoms with E-state index < -0.39 is 22.6 Å². The number of nitrogens with one attached hydrogen (secondary N) is 1. The van der Waals surface area contributed by atoms with Crippen LogP contribution in [0.1, 0.15) is 15.9 Å². The summed E-state index contributed by atoms with van der Waals surface area (Å²) in [6, 6.07) is 7.75. The van der Waals surface area contributed by atoms with Crippen LogP contribution in [0, 0.1) is 13.7 Å². The Hall–Kier alpha value is -2.17. The zero-order valence-corrected chi connectivity index (χ0v) is 13.4. The molecule has 2 aromatic rings. The van der Waals surface area contributed by atoms with Crippen LogP contribution < -0.4 is 5.32 Å². The predicted octanol–water partition coefficient (Wildman–Crippen LogP) is 4.47. The van der Waals surface area contributed by atoms with Gasteiger partial charge in [0.15, 0.2) is 0 Å². The topological polar surface area (TPSA) is 72.2 Å². The summed E-state index contributed by atoms with van der Waals surface area (Å²) in [6.07, 6.45) is -4.52. The maximum absolute atomic E-state index is 12.7. The highest BCUT2D eigenvalue weighted by Crippen LogP contribution is 2.32. The van der Waals surface area contributed by atoms with E-state index in [1.165, 1.54) is 18.2 Å². The molecule has 0 aliphatic rings. The van der Waals surface area contributed by atoms with Crippen molar-refractivity contribution in [3.05, 3.63) is 67.3 Å². The fraction of sp³-hybridized carbons (Fsp3) is 0.0714. The molecule has 0 bridgehead atoms. The smallest absolute Gasteiger partial charge is 0.321 e.